The van der Waals surface area contributed by atoms with Crippen LogP contribution in [0.1, 0.15) is 33.0 Å². The lowest BCUT2D eigenvalue weighted by atomic mass is 10.3. The van der Waals surface area contributed by atoms with Crippen molar-refractivity contribution in [1.29, 1.82) is 0 Å². The molecule has 0 aromatic carbocycles. The van der Waals surface area contributed by atoms with E-state index in [2.05, 4.69) is 4.98 Å². The zero-order valence-corrected chi connectivity index (χ0v) is 16.6. The summed E-state index contributed by atoms with van der Waals surface area (Å²) in [5, 5.41) is 2.69. The number of carbonyl (C=O) groups is 1. The van der Waals surface area contributed by atoms with Crippen LogP contribution in [-0.2, 0) is 11.3 Å². The Balaban J connectivity index is 1.58. The molecule has 0 N–H and O–H groups in total. The summed E-state index contributed by atoms with van der Waals surface area (Å²) in [5.74, 6) is -0.436. The summed E-state index contributed by atoms with van der Waals surface area (Å²) in [6.07, 6.45) is 1.74. The van der Waals surface area contributed by atoms with Crippen molar-refractivity contribution in [2.45, 2.75) is 27.4 Å². The molecule has 0 amide bonds. The van der Waals surface area contributed by atoms with Crippen LogP contribution in [0.3, 0.4) is 0 Å². The Hall–Kier alpha value is -3.19. The Kier molecular flexibility index (Phi) is 4.60. The molecule has 28 heavy (non-hydrogen) atoms. The summed E-state index contributed by atoms with van der Waals surface area (Å²) in [6.45, 7) is 5.84. The standard InChI is InChI=1S/C21H19N3O3S/c1-13-4-7-18-22-16(10-19(25)23(18)11-13)12-27-21(26)17-8-9-28-20(17)24-14(2)5-6-15(24)3/h4-11H,12H2,1-3H3. The average Bonchev–Trinajstić information content (AvgIpc) is 3.26. The Morgan fingerprint density at radius 1 is 1.11 bits per heavy atom. The largest absolute Gasteiger partial charge is 0.455 e. The zero-order valence-electron chi connectivity index (χ0n) is 15.8. The molecule has 0 radical (unpaired) electrons. The molecular formula is C21H19N3O3S. The SMILES string of the molecule is Cc1ccc2nc(COC(=O)c3ccsc3-n3c(C)ccc3C)cc(=O)n2c1. The van der Waals surface area contributed by atoms with Gasteiger partial charge >= 0.3 is 5.97 Å². The molecule has 4 aromatic rings. The number of aryl methyl sites for hydroxylation is 3. The maximum atomic E-state index is 12.7. The second-order valence-electron chi connectivity index (χ2n) is 6.69. The van der Waals surface area contributed by atoms with Gasteiger partial charge in [0.15, 0.2) is 0 Å². The number of fused-ring (bicyclic) bond motifs is 1. The number of hydrogen-bond donors (Lipinski definition) is 0. The van der Waals surface area contributed by atoms with Crippen LogP contribution in [0.2, 0.25) is 0 Å². The predicted octanol–water partition coefficient (Wildman–Crippen LogP) is 3.83. The second kappa shape index (κ2) is 7.09. The first-order valence-corrected chi connectivity index (χ1v) is 9.71. The highest BCUT2D eigenvalue weighted by Crippen LogP contribution is 2.26. The van der Waals surface area contributed by atoms with Gasteiger partial charge in [0.05, 0.1) is 11.3 Å². The molecule has 7 heteroatoms. The van der Waals surface area contributed by atoms with Crippen molar-refractivity contribution in [2.24, 2.45) is 0 Å². The van der Waals surface area contributed by atoms with Gasteiger partial charge < -0.3 is 9.30 Å². The van der Waals surface area contributed by atoms with Crippen LogP contribution < -0.4 is 5.56 Å². The quantitative estimate of drug-likeness (QED) is 0.494. The molecular weight excluding hydrogens is 374 g/mol. The van der Waals surface area contributed by atoms with E-state index in [-0.39, 0.29) is 12.2 Å². The first-order chi connectivity index (χ1) is 13.4. The summed E-state index contributed by atoms with van der Waals surface area (Å²) < 4.78 is 8.98. The minimum Gasteiger partial charge on any atom is -0.455 e. The van der Waals surface area contributed by atoms with E-state index in [4.69, 9.17) is 4.74 Å². The molecule has 142 valence electrons. The lowest BCUT2D eigenvalue weighted by Gasteiger charge is -2.10. The predicted molar refractivity (Wildman–Crippen MR) is 108 cm³/mol. The van der Waals surface area contributed by atoms with E-state index in [1.807, 2.05) is 48.9 Å². The van der Waals surface area contributed by atoms with Crippen LogP contribution in [0.15, 0.2) is 52.8 Å². The van der Waals surface area contributed by atoms with E-state index < -0.39 is 5.97 Å². The van der Waals surface area contributed by atoms with Gasteiger partial charge in [-0.05, 0) is 56.0 Å². The number of esters is 1. The molecule has 0 saturated heterocycles. The van der Waals surface area contributed by atoms with Crippen molar-refractivity contribution in [3.63, 3.8) is 0 Å². The van der Waals surface area contributed by atoms with Crippen LogP contribution in [0.5, 0.6) is 0 Å². The highest BCUT2D eigenvalue weighted by molar-refractivity contribution is 7.13. The Labute approximate surface area is 165 Å². The van der Waals surface area contributed by atoms with Gasteiger partial charge in [0.2, 0.25) is 0 Å². The highest BCUT2D eigenvalue weighted by Gasteiger charge is 2.18. The van der Waals surface area contributed by atoms with E-state index in [0.29, 0.717) is 16.9 Å². The van der Waals surface area contributed by atoms with E-state index in [9.17, 15) is 9.59 Å². The molecule has 0 saturated carbocycles. The van der Waals surface area contributed by atoms with Gasteiger partial charge in [0.25, 0.3) is 5.56 Å². The first kappa shape index (κ1) is 18.2. The number of aromatic nitrogens is 3. The van der Waals surface area contributed by atoms with Crippen LogP contribution in [0.25, 0.3) is 10.6 Å². The van der Waals surface area contributed by atoms with Crippen LogP contribution >= 0.6 is 11.3 Å². The van der Waals surface area contributed by atoms with Crippen molar-refractivity contribution in [3.05, 3.63) is 86.5 Å². The van der Waals surface area contributed by atoms with E-state index in [1.165, 1.54) is 21.8 Å². The molecule has 0 bridgehead atoms. The average molecular weight is 393 g/mol. The van der Waals surface area contributed by atoms with Gasteiger partial charge in [-0.25, -0.2) is 9.78 Å². The Bertz CT molecular complexity index is 1230. The molecule has 6 nitrogen and oxygen atoms in total. The van der Waals surface area contributed by atoms with Gasteiger partial charge in [0.1, 0.15) is 17.3 Å². The van der Waals surface area contributed by atoms with Gasteiger partial charge in [0, 0.05) is 23.7 Å². The normalized spacial score (nSPS) is 11.1. The fraction of sp³-hybridized carbons (Fsp3) is 0.190. The number of hydrogen-bond acceptors (Lipinski definition) is 5. The van der Waals surface area contributed by atoms with E-state index in [0.717, 1.165) is 22.0 Å². The van der Waals surface area contributed by atoms with Crippen molar-refractivity contribution in [3.8, 4) is 5.00 Å². The number of carbonyl (C=O) groups excluding carboxylic acids is 1. The van der Waals surface area contributed by atoms with Crippen LogP contribution in [-0.4, -0.2) is 19.9 Å². The van der Waals surface area contributed by atoms with Gasteiger partial charge in [-0.2, -0.15) is 0 Å². The van der Waals surface area contributed by atoms with Crippen molar-refractivity contribution in [2.75, 3.05) is 0 Å². The zero-order chi connectivity index (χ0) is 19.8. The number of nitrogens with zero attached hydrogens (tertiary/aromatic N) is 3. The van der Waals surface area contributed by atoms with Crippen LogP contribution in [0.4, 0.5) is 0 Å². The molecule has 0 unspecified atom stereocenters. The maximum Gasteiger partial charge on any atom is 0.341 e. The van der Waals surface area contributed by atoms with Crippen LogP contribution in [0, 0.1) is 20.8 Å². The van der Waals surface area contributed by atoms with Crippen molar-refractivity contribution in [1.82, 2.24) is 14.0 Å². The summed E-state index contributed by atoms with van der Waals surface area (Å²) in [7, 11) is 0. The molecule has 0 spiro atoms. The molecule has 0 atom stereocenters. The summed E-state index contributed by atoms with van der Waals surface area (Å²) >= 11 is 1.48. The minimum absolute atomic E-state index is 0.0582. The summed E-state index contributed by atoms with van der Waals surface area (Å²) in [5.41, 5.74) is 4.32. The minimum atomic E-state index is -0.436. The smallest absolute Gasteiger partial charge is 0.341 e. The number of thiophene rings is 1. The highest BCUT2D eigenvalue weighted by atomic mass is 32.1. The third kappa shape index (κ3) is 3.25. The molecule has 4 heterocycles. The molecule has 0 aliphatic rings. The Morgan fingerprint density at radius 2 is 1.86 bits per heavy atom. The number of ether oxygens (including phenoxy) is 1. The molecule has 4 aromatic heterocycles. The number of rotatable bonds is 4. The molecule has 0 aliphatic heterocycles. The van der Waals surface area contributed by atoms with Crippen molar-refractivity contribution >= 4 is 23.0 Å². The second-order valence-corrected chi connectivity index (χ2v) is 7.58. The third-order valence-electron chi connectivity index (χ3n) is 4.55. The first-order valence-electron chi connectivity index (χ1n) is 8.83. The topological polar surface area (TPSA) is 65.6 Å². The summed E-state index contributed by atoms with van der Waals surface area (Å²) in [6, 6.07) is 10.8. The fourth-order valence-electron chi connectivity index (χ4n) is 3.17. The number of pyridine rings is 1. The lowest BCUT2D eigenvalue weighted by Crippen LogP contribution is -2.17. The summed E-state index contributed by atoms with van der Waals surface area (Å²) in [4.78, 5) is 29.4. The monoisotopic (exact) mass is 393 g/mol. The van der Waals surface area contributed by atoms with E-state index >= 15 is 0 Å². The molecule has 0 aliphatic carbocycles. The van der Waals surface area contributed by atoms with E-state index in [1.54, 1.807) is 18.3 Å². The van der Waals surface area contributed by atoms with Gasteiger partial charge in [-0.1, -0.05) is 6.07 Å². The third-order valence-corrected chi connectivity index (χ3v) is 5.45. The van der Waals surface area contributed by atoms with Crippen molar-refractivity contribution < 1.29 is 9.53 Å². The Morgan fingerprint density at radius 3 is 2.61 bits per heavy atom. The molecule has 0 fully saturated rings. The lowest BCUT2D eigenvalue weighted by molar-refractivity contribution is 0.0468. The maximum absolute atomic E-state index is 12.7. The van der Waals surface area contributed by atoms with Gasteiger partial charge in [-0.15, -0.1) is 11.3 Å². The van der Waals surface area contributed by atoms with Gasteiger partial charge in [-0.3, -0.25) is 9.20 Å². The fourth-order valence-corrected chi connectivity index (χ4v) is 4.17. The molecule has 4 rings (SSSR count).